The Morgan fingerprint density at radius 1 is 1.35 bits per heavy atom. The molecule has 0 N–H and O–H groups in total. The van der Waals surface area contributed by atoms with Crippen LogP contribution in [0, 0.1) is 0 Å². The van der Waals surface area contributed by atoms with Gasteiger partial charge in [0.1, 0.15) is 10.0 Å². The molecule has 2 heterocycles. The number of hydrogen-bond acceptors (Lipinski definition) is 4. The number of nitrogens with zero attached hydrogens (tertiary/aromatic N) is 2. The molecule has 2 rings (SSSR count). The molecule has 5 heteroatoms. The van der Waals surface area contributed by atoms with Crippen molar-refractivity contribution in [2.45, 2.75) is 37.4 Å². The Hall–Kier alpha value is -0.260. The third kappa shape index (κ3) is 3.86. The maximum absolute atomic E-state index is 4.25. The van der Waals surface area contributed by atoms with Crippen molar-refractivity contribution in [3.05, 3.63) is 32.4 Å². The van der Waals surface area contributed by atoms with Gasteiger partial charge in [-0.1, -0.05) is 28.9 Å². The summed E-state index contributed by atoms with van der Waals surface area (Å²) in [6, 6.07) is 4.31. The molecule has 0 fully saturated rings. The van der Waals surface area contributed by atoms with Crippen molar-refractivity contribution >= 4 is 38.6 Å². The normalized spacial score (nSPS) is 12.8. The molecule has 2 nitrogen and oxygen atoms in total. The Kier molecular flexibility index (Phi) is 5.13. The predicted octanol–water partition coefficient (Wildman–Crippen LogP) is 4.62. The topological polar surface area (TPSA) is 25.8 Å². The number of rotatable bonds is 6. The number of halogens is 1. The summed E-state index contributed by atoms with van der Waals surface area (Å²) in [5.41, 5.74) is 0. The van der Waals surface area contributed by atoms with E-state index in [1.165, 1.54) is 4.88 Å². The summed E-state index contributed by atoms with van der Waals surface area (Å²) in [7, 11) is 0. The summed E-state index contributed by atoms with van der Waals surface area (Å²) in [6.07, 6.45) is 4.41. The lowest BCUT2D eigenvalue weighted by atomic mass is 10.2. The van der Waals surface area contributed by atoms with Crippen molar-refractivity contribution in [2.24, 2.45) is 0 Å². The Balaban J connectivity index is 1.81. The highest BCUT2D eigenvalue weighted by atomic mass is 79.9. The Morgan fingerprint density at radius 2 is 2.24 bits per heavy atom. The van der Waals surface area contributed by atoms with Gasteiger partial charge >= 0.3 is 0 Å². The van der Waals surface area contributed by atoms with Crippen LogP contribution in [-0.2, 0) is 12.8 Å². The number of aryl methyl sites for hydroxylation is 2. The predicted molar refractivity (Wildman–Crippen MR) is 78.2 cm³/mol. The van der Waals surface area contributed by atoms with E-state index >= 15 is 0 Å². The molecule has 0 aliphatic rings. The summed E-state index contributed by atoms with van der Waals surface area (Å²) in [6.45, 7) is 2.15. The number of hydrogen-bond donors (Lipinski definition) is 0. The summed E-state index contributed by atoms with van der Waals surface area (Å²) in [5.74, 6) is 0. The Bertz CT molecular complexity index is 439. The lowest BCUT2D eigenvalue weighted by molar-refractivity contribution is 0.801. The molecule has 0 aliphatic carbocycles. The highest BCUT2D eigenvalue weighted by Crippen LogP contribution is 2.28. The van der Waals surface area contributed by atoms with Crippen molar-refractivity contribution < 1.29 is 0 Å². The van der Waals surface area contributed by atoms with Crippen LogP contribution in [-0.4, -0.2) is 10.2 Å². The van der Waals surface area contributed by atoms with E-state index in [2.05, 4.69) is 50.6 Å². The van der Waals surface area contributed by atoms with Crippen LogP contribution in [0.25, 0.3) is 0 Å². The van der Waals surface area contributed by atoms with Crippen LogP contribution in [0.15, 0.2) is 17.5 Å². The molecule has 1 atom stereocenters. The quantitative estimate of drug-likeness (QED) is 0.722. The third-order valence-corrected chi connectivity index (χ3v) is 5.92. The smallest absolute Gasteiger partial charge is 0.131 e. The fourth-order valence-electron chi connectivity index (χ4n) is 1.54. The molecule has 2 aromatic heterocycles. The zero-order chi connectivity index (χ0) is 12.1. The third-order valence-electron chi connectivity index (χ3n) is 2.50. The largest absolute Gasteiger partial charge is 0.149 e. The Morgan fingerprint density at radius 3 is 2.94 bits per heavy atom. The summed E-state index contributed by atoms with van der Waals surface area (Å²) < 4.78 is 0. The zero-order valence-corrected chi connectivity index (χ0v) is 12.9. The van der Waals surface area contributed by atoms with E-state index in [0.29, 0.717) is 4.83 Å². The highest BCUT2D eigenvalue weighted by Gasteiger charge is 2.11. The van der Waals surface area contributed by atoms with Crippen LogP contribution in [0.4, 0.5) is 0 Å². The van der Waals surface area contributed by atoms with Crippen molar-refractivity contribution in [1.29, 1.82) is 0 Å². The van der Waals surface area contributed by atoms with Gasteiger partial charge in [-0.15, -0.1) is 32.9 Å². The molecule has 0 saturated carbocycles. The van der Waals surface area contributed by atoms with Gasteiger partial charge in [0.15, 0.2) is 0 Å². The molecule has 92 valence electrons. The van der Waals surface area contributed by atoms with Crippen LogP contribution in [0.1, 0.15) is 39.5 Å². The van der Waals surface area contributed by atoms with E-state index < -0.39 is 0 Å². The maximum Gasteiger partial charge on any atom is 0.131 e. The van der Waals surface area contributed by atoms with Crippen LogP contribution in [0.3, 0.4) is 0 Å². The van der Waals surface area contributed by atoms with E-state index in [1.54, 1.807) is 11.3 Å². The van der Waals surface area contributed by atoms with Crippen molar-refractivity contribution in [1.82, 2.24) is 10.2 Å². The summed E-state index contributed by atoms with van der Waals surface area (Å²) in [5, 5.41) is 12.9. The fraction of sp³-hybridized carbons (Fsp3) is 0.500. The minimum absolute atomic E-state index is 0.367. The van der Waals surface area contributed by atoms with E-state index in [9.17, 15) is 0 Å². The second-order valence-electron chi connectivity index (χ2n) is 3.84. The molecule has 1 unspecified atom stereocenters. The molecule has 0 bridgehead atoms. The van der Waals surface area contributed by atoms with Gasteiger partial charge in [0.25, 0.3) is 0 Å². The van der Waals surface area contributed by atoms with Crippen LogP contribution in [0.5, 0.6) is 0 Å². The lowest BCUT2D eigenvalue weighted by Gasteiger charge is -1.98. The standard InChI is InChI=1S/C12H15BrN2S2/c1-2-10(13)12-15-14-11(17-12)7-3-5-9-6-4-8-16-9/h4,6,8,10H,2-3,5,7H2,1H3. The summed E-state index contributed by atoms with van der Waals surface area (Å²) in [4.78, 5) is 1.83. The zero-order valence-electron chi connectivity index (χ0n) is 9.73. The first-order valence-corrected chi connectivity index (χ1v) is 8.39. The van der Waals surface area contributed by atoms with E-state index in [4.69, 9.17) is 0 Å². The van der Waals surface area contributed by atoms with Crippen molar-refractivity contribution in [3.8, 4) is 0 Å². The molecule has 0 spiro atoms. The number of alkyl halides is 1. The van der Waals surface area contributed by atoms with Gasteiger partial charge in [0.2, 0.25) is 0 Å². The molecular formula is C12H15BrN2S2. The molecule has 0 amide bonds. The van der Waals surface area contributed by atoms with Gasteiger partial charge in [-0.05, 0) is 30.7 Å². The summed E-state index contributed by atoms with van der Waals surface area (Å²) >= 11 is 7.18. The van der Waals surface area contributed by atoms with Gasteiger partial charge in [-0.3, -0.25) is 0 Å². The van der Waals surface area contributed by atoms with Gasteiger partial charge in [0, 0.05) is 11.3 Å². The first kappa shape index (κ1) is 13.2. The molecule has 0 aromatic carbocycles. The monoisotopic (exact) mass is 330 g/mol. The average Bonchev–Trinajstić information content (AvgIpc) is 2.99. The SMILES string of the molecule is CCC(Br)c1nnc(CCCc2cccs2)s1. The van der Waals surface area contributed by atoms with Crippen LogP contribution < -0.4 is 0 Å². The van der Waals surface area contributed by atoms with Crippen molar-refractivity contribution in [3.63, 3.8) is 0 Å². The van der Waals surface area contributed by atoms with Gasteiger partial charge < -0.3 is 0 Å². The molecular weight excluding hydrogens is 316 g/mol. The van der Waals surface area contributed by atoms with Gasteiger partial charge in [0.05, 0.1) is 4.83 Å². The van der Waals surface area contributed by atoms with E-state index in [0.717, 1.165) is 35.7 Å². The molecule has 0 saturated heterocycles. The van der Waals surface area contributed by atoms with E-state index in [-0.39, 0.29) is 0 Å². The van der Waals surface area contributed by atoms with Crippen LogP contribution in [0.2, 0.25) is 0 Å². The molecule has 0 aliphatic heterocycles. The maximum atomic E-state index is 4.25. The second-order valence-corrected chi connectivity index (χ2v) is 7.07. The first-order chi connectivity index (χ1) is 8.29. The second kappa shape index (κ2) is 6.61. The minimum atomic E-state index is 0.367. The van der Waals surface area contributed by atoms with Crippen LogP contribution >= 0.6 is 38.6 Å². The number of thiophene rings is 1. The first-order valence-electron chi connectivity index (χ1n) is 5.78. The Labute approximate surface area is 118 Å². The molecule has 17 heavy (non-hydrogen) atoms. The lowest BCUT2D eigenvalue weighted by Crippen LogP contribution is -1.87. The highest BCUT2D eigenvalue weighted by molar-refractivity contribution is 9.09. The average molecular weight is 331 g/mol. The van der Waals surface area contributed by atoms with Crippen molar-refractivity contribution in [2.75, 3.05) is 0 Å². The molecule has 0 radical (unpaired) electrons. The van der Waals surface area contributed by atoms with E-state index in [1.807, 2.05) is 11.3 Å². The fourth-order valence-corrected chi connectivity index (χ4v) is 3.61. The number of aromatic nitrogens is 2. The van der Waals surface area contributed by atoms with Gasteiger partial charge in [-0.25, -0.2) is 0 Å². The van der Waals surface area contributed by atoms with Gasteiger partial charge in [-0.2, -0.15) is 0 Å². The minimum Gasteiger partial charge on any atom is -0.149 e. The molecule has 2 aromatic rings.